The van der Waals surface area contributed by atoms with Gasteiger partial charge in [0.1, 0.15) is 6.10 Å². The van der Waals surface area contributed by atoms with E-state index in [4.69, 9.17) is 4.74 Å². The fourth-order valence-corrected chi connectivity index (χ4v) is 3.45. The van der Waals surface area contributed by atoms with Gasteiger partial charge in [0.15, 0.2) is 0 Å². The zero-order chi connectivity index (χ0) is 18.6. The van der Waals surface area contributed by atoms with Gasteiger partial charge in [0.25, 0.3) is 0 Å². The number of urea groups is 1. The van der Waals surface area contributed by atoms with Crippen molar-refractivity contribution in [2.24, 2.45) is 0 Å². The molecule has 1 aliphatic heterocycles. The molecule has 2 heterocycles. The standard InChI is InChI=1S/C20H19BrN4O2/c21-16-11-22-19(23-12-16)27-17-8-9-25(13-17)20(26)24-10-15-6-3-5-14-4-1-2-7-18(14)15/h1-7,11-12,17H,8-10,13H2,(H,24,26). The number of aromatic nitrogens is 2. The fourth-order valence-electron chi connectivity index (χ4n) is 3.25. The molecule has 6 nitrogen and oxygen atoms in total. The van der Waals surface area contributed by atoms with Crippen LogP contribution in [-0.4, -0.2) is 40.1 Å². The molecule has 7 heteroatoms. The highest BCUT2D eigenvalue weighted by Gasteiger charge is 2.28. The third-order valence-corrected chi connectivity index (χ3v) is 5.02. The van der Waals surface area contributed by atoms with Gasteiger partial charge in [-0.15, -0.1) is 0 Å². The van der Waals surface area contributed by atoms with Crippen LogP contribution in [0, 0.1) is 0 Å². The van der Waals surface area contributed by atoms with Crippen LogP contribution in [0.3, 0.4) is 0 Å². The zero-order valence-electron chi connectivity index (χ0n) is 14.6. The number of ether oxygens (including phenoxy) is 1. The van der Waals surface area contributed by atoms with Crippen molar-refractivity contribution in [1.29, 1.82) is 0 Å². The molecule has 3 aromatic rings. The number of hydrogen-bond acceptors (Lipinski definition) is 4. The maximum Gasteiger partial charge on any atom is 0.317 e. The van der Waals surface area contributed by atoms with Gasteiger partial charge in [-0.25, -0.2) is 14.8 Å². The minimum absolute atomic E-state index is 0.0780. The average Bonchev–Trinajstić information content (AvgIpc) is 3.16. The first kappa shape index (κ1) is 17.7. The summed E-state index contributed by atoms with van der Waals surface area (Å²) in [5, 5.41) is 5.36. The van der Waals surface area contributed by atoms with Gasteiger partial charge < -0.3 is 15.0 Å². The molecule has 1 aliphatic rings. The Labute approximate surface area is 165 Å². The number of halogens is 1. The molecule has 0 spiro atoms. The van der Waals surface area contributed by atoms with E-state index < -0.39 is 0 Å². The number of hydrogen-bond donors (Lipinski definition) is 1. The van der Waals surface area contributed by atoms with E-state index in [0.717, 1.165) is 21.8 Å². The van der Waals surface area contributed by atoms with Crippen molar-refractivity contribution in [2.75, 3.05) is 13.1 Å². The predicted octanol–water partition coefficient (Wildman–Crippen LogP) is 3.76. The van der Waals surface area contributed by atoms with Crippen LogP contribution in [0.5, 0.6) is 6.01 Å². The van der Waals surface area contributed by atoms with Crippen LogP contribution in [-0.2, 0) is 6.54 Å². The zero-order valence-corrected chi connectivity index (χ0v) is 16.2. The molecule has 138 valence electrons. The summed E-state index contributed by atoms with van der Waals surface area (Å²) < 4.78 is 6.57. The Balaban J connectivity index is 1.33. The summed E-state index contributed by atoms with van der Waals surface area (Å²) in [5.41, 5.74) is 1.11. The molecule has 4 rings (SSSR count). The second-order valence-electron chi connectivity index (χ2n) is 6.46. The van der Waals surface area contributed by atoms with Gasteiger partial charge in [-0.05, 0) is 32.3 Å². The van der Waals surface area contributed by atoms with Gasteiger partial charge in [-0.2, -0.15) is 0 Å². The largest absolute Gasteiger partial charge is 0.458 e. The van der Waals surface area contributed by atoms with Gasteiger partial charge in [-0.1, -0.05) is 42.5 Å². The van der Waals surface area contributed by atoms with Gasteiger partial charge in [-0.3, -0.25) is 0 Å². The first-order valence-corrected chi connectivity index (χ1v) is 9.62. The summed E-state index contributed by atoms with van der Waals surface area (Å²) in [6, 6.07) is 14.6. The fraction of sp³-hybridized carbons (Fsp3) is 0.250. The van der Waals surface area contributed by atoms with E-state index in [2.05, 4.69) is 49.4 Å². The van der Waals surface area contributed by atoms with E-state index in [0.29, 0.717) is 25.6 Å². The van der Waals surface area contributed by atoms with Crippen LogP contribution < -0.4 is 10.1 Å². The smallest absolute Gasteiger partial charge is 0.317 e. The van der Waals surface area contributed by atoms with Gasteiger partial charge in [0.2, 0.25) is 0 Å². The number of carbonyl (C=O) groups excluding carboxylic acids is 1. The van der Waals surface area contributed by atoms with Crippen molar-refractivity contribution in [3.8, 4) is 6.01 Å². The summed E-state index contributed by atoms with van der Waals surface area (Å²) in [6.07, 6.45) is 3.97. The Kier molecular flexibility index (Phi) is 5.20. The van der Waals surface area contributed by atoms with E-state index in [1.54, 1.807) is 17.3 Å². The van der Waals surface area contributed by atoms with Crippen LogP contribution in [0.1, 0.15) is 12.0 Å². The summed E-state index contributed by atoms with van der Waals surface area (Å²) >= 11 is 3.30. The molecule has 1 unspecified atom stereocenters. The molecular weight excluding hydrogens is 408 g/mol. The quantitative estimate of drug-likeness (QED) is 0.689. The molecule has 2 aromatic carbocycles. The minimum Gasteiger partial charge on any atom is -0.458 e. The third kappa shape index (κ3) is 4.19. The number of benzene rings is 2. The highest BCUT2D eigenvalue weighted by molar-refractivity contribution is 9.10. The predicted molar refractivity (Wildman–Crippen MR) is 107 cm³/mol. The monoisotopic (exact) mass is 426 g/mol. The molecule has 2 amide bonds. The summed E-state index contributed by atoms with van der Waals surface area (Å²) in [5.74, 6) is 0. The summed E-state index contributed by atoms with van der Waals surface area (Å²) in [7, 11) is 0. The van der Waals surface area contributed by atoms with Gasteiger partial charge in [0, 0.05) is 31.9 Å². The first-order chi connectivity index (χ1) is 13.2. The second-order valence-corrected chi connectivity index (χ2v) is 7.37. The van der Waals surface area contributed by atoms with E-state index >= 15 is 0 Å². The normalized spacial score (nSPS) is 16.5. The van der Waals surface area contributed by atoms with Gasteiger partial charge in [0.05, 0.1) is 11.0 Å². The van der Waals surface area contributed by atoms with Gasteiger partial charge >= 0.3 is 12.0 Å². The van der Waals surface area contributed by atoms with Crippen LogP contribution in [0.2, 0.25) is 0 Å². The number of nitrogens with one attached hydrogen (secondary N) is 1. The summed E-state index contributed by atoms with van der Waals surface area (Å²) in [6.45, 7) is 1.68. The van der Waals surface area contributed by atoms with E-state index in [9.17, 15) is 4.79 Å². The first-order valence-electron chi connectivity index (χ1n) is 8.82. The lowest BCUT2D eigenvalue weighted by molar-refractivity contribution is 0.178. The number of nitrogens with zero attached hydrogens (tertiary/aromatic N) is 3. The van der Waals surface area contributed by atoms with Crippen LogP contribution in [0.25, 0.3) is 10.8 Å². The number of amides is 2. The number of likely N-dealkylation sites (tertiary alicyclic amines) is 1. The van der Waals surface area contributed by atoms with Crippen molar-refractivity contribution in [1.82, 2.24) is 20.2 Å². The average molecular weight is 427 g/mol. The summed E-state index contributed by atoms with van der Waals surface area (Å²) in [4.78, 5) is 22.5. The maximum absolute atomic E-state index is 12.5. The molecule has 1 saturated heterocycles. The Morgan fingerprint density at radius 1 is 1.19 bits per heavy atom. The third-order valence-electron chi connectivity index (χ3n) is 4.61. The Hall–Kier alpha value is -2.67. The molecule has 0 saturated carbocycles. The van der Waals surface area contributed by atoms with Crippen molar-refractivity contribution < 1.29 is 9.53 Å². The molecule has 0 bridgehead atoms. The molecule has 1 aromatic heterocycles. The highest BCUT2D eigenvalue weighted by Crippen LogP contribution is 2.19. The second kappa shape index (κ2) is 7.92. The number of carbonyl (C=O) groups is 1. The Morgan fingerprint density at radius 2 is 1.96 bits per heavy atom. The van der Waals surface area contributed by atoms with Crippen LogP contribution in [0.15, 0.2) is 59.3 Å². The van der Waals surface area contributed by atoms with Crippen molar-refractivity contribution >= 4 is 32.7 Å². The van der Waals surface area contributed by atoms with E-state index in [-0.39, 0.29) is 12.1 Å². The lowest BCUT2D eigenvalue weighted by atomic mass is 10.0. The molecule has 27 heavy (non-hydrogen) atoms. The Morgan fingerprint density at radius 3 is 2.81 bits per heavy atom. The van der Waals surface area contributed by atoms with Crippen molar-refractivity contribution in [3.63, 3.8) is 0 Å². The minimum atomic E-state index is -0.0884. The molecule has 1 fully saturated rings. The topological polar surface area (TPSA) is 67.4 Å². The number of rotatable bonds is 4. The van der Waals surface area contributed by atoms with Crippen LogP contribution in [0.4, 0.5) is 4.79 Å². The maximum atomic E-state index is 12.5. The molecule has 1 N–H and O–H groups in total. The number of fused-ring (bicyclic) bond motifs is 1. The molecule has 1 atom stereocenters. The van der Waals surface area contributed by atoms with Crippen molar-refractivity contribution in [2.45, 2.75) is 19.1 Å². The molecule has 0 aliphatic carbocycles. The molecular formula is C20H19BrN4O2. The van der Waals surface area contributed by atoms with E-state index in [1.807, 2.05) is 24.3 Å². The van der Waals surface area contributed by atoms with E-state index in [1.165, 1.54) is 5.39 Å². The SMILES string of the molecule is O=C(NCc1cccc2ccccc12)N1CCC(Oc2ncc(Br)cn2)C1. The highest BCUT2D eigenvalue weighted by atomic mass is 79.9. The van der Waals surface area contributed by atoms with Crippen molar-refractivity contribution in [3.05, 3.63) is 64.9 Å². The Bertz CT molecular complexity index is 943. The lowest BCUT2D eigenvalue weighted by Crippen LogP contribution is -2.39. The molecule has 0 radical (unpaired) electrons. The van der Waals surface area contributed by atoms with Crippen LogP contribution >= 0.6 is 15.9 Å². The lowest BCUT2D eigenvalue weighted by Gasteiger charge is -2.18.